The van der Waals surface area contributed by atoms with Crippen LogP contribution in [-0.2, 0) is 12.4 Å². The van der Waals surface area contributed by atoms with Gasteiger partial charge >= 0.3 is 0 Å². The maximum Gasteiger partial charge on any atom is 0.0732 e. The Morgan fingerprint density at radius 3 is 2.83 bits per heavy atom. The molecule has 66 valence electrons. The zero-order valence-electron chi connectivity index (χ0n) is 7.26. The summed E-state index contributed by atoms with van der Waals surface area (Å²) in [6.07, 6.45) is 4.09. The predicted octanol–water partition coefficient (Wildman–Crippen LogP) is 2.58. The Bertz CT molecular complexity index is 276. The minimum absolute atomic E-state index is 0.787. The number of rotatable bonds is 2. The van der Waals surface area contributed by atoms with Crippen LogP contribution >= 0.6 is 15.9 Å². The third kappa shape index (κ3) is 1.30. The first-order valence-electron chi connectivity index (χ1n) is 4.40. The molecule has 0 radical (unpaired) electrons. The lowest BCUT2D eigenvalue weighted by Crippen LogP contribution is -2.12. The molecular formula is C9H13BrN2. The Kier molecular flexibility index (Phi) is 2.22. The van der Waals surface area contributed by atoms with Crippen LogP contribution in [-0.4, -0.2) is 9.78 Å². The SMILES string of the molecule is Cn1nc(CBr)cc1C1CCC1. The molecule has 0 unspecified atom stereocenters. The summed E-state index contributed by atoms with van der Waals surface area (Å²) in [5.41, 5.74) is 2.56. The molecule has 0 aromatic carbocycles. The first-order chi connectivity index (χ1) is 5.81. The summed E-state index contributed by atoms with van der Waals surface area (Å²) in [6.45, 7) is 0. The molecule has 2 rings (SSSR count). The minimum Gasteiger partial charge on any atom is -0.272 e. The van der Waals surface area contributed by atoms with Gasteiger partial charge in [-0.3, -0.25) is 4.68 Å². The third-order valence-electron chi connectivity index (χ3n) is 2.63. The van der Waals surface area contributed by atoms with Gasteiger partial charge in [0, 0.05) is 24.0 Å². The Balaban J connectivity index is 2.23. The van der Waals surface area contributed by atoms with E-state index in [0.717, 1.165) is 16.9 Å². The van der Waals surface area contributed by atoms with Gasteiger partial charge in [-0.05, 0) is 18.9 Å². The van der Waals surface area contributed by atoms with Crippen LogP contribution in [0.15, 0.2) is 6.07 Å². The molecule has 1 aliphatic rings. The largest absolute Gasteiger partial charge is 0.272 e. The van der Waals surface area contributed by atoms with Crippen molar-refractivity contribution in [3.63, 3.8) is 0 Å². The Labute approximate surface area is 81.1 Å². The number of hydrogen-bond acceptors (Lipinski definition) is 1. The lowest BCUT2D eigenvalue weighted by molar-refractivity contribution is 0.397. The van der Waals surface area contributed by atoms with Crippen molar-refractivity contribution in [2.45, 2.75) is 30.5 Å². The van der Waals surface area contributed by atoms with Gasteiger partial charge < -0.3 is 0 Å². The van der Waals surface area contributed by atoms with Crippen LogP contribution in [0.25, 0.3) is 0 Å². The van der Waals surface area contributed by atoms with Gasteiger partial charge in [-0.25, -0.2) is 0 Å². The van der Waals surface area contributed by atoms with Crippen molar-refractivity contribution in [3.05, 3.63) is 17.5 Å². The fourth-order valence-corrected chi connectivity index (χ4v) is 1.97. The van der Waals surface area contributed by atoms with Crippen LogP contribution < -0.4 is 0 Å². The number of aryl methyl sites for hydroxylation is 1. The molecule has 0 atom stereocenters. The number of aromatic nitrogens is 2. The molecule has 1 aromatic rings. The van der Waals surface area contributed by atoms with Crippen molar-refractivity contribution in [3.8, 4) is 0 Å². The second kappa shape index (κ2) is 3.21. The van der Waals surface area contributed by atoms with E-state index in [1.165, 1.54) is 25.0 Å². The molecule has 1 fully saturated rings. The minimum atomic E-state index is 0.787. The zero-order chi connectivity index (χ0) is 8.55. The number of alkyl halides is 1. The summed E-state index contributed by atoms with van der Waals surface area (Å²) in [4.78, 5) is 0. The lowest BCUT2D eigenvalue weighted by atomic mass is 9.83. The van der Waals surface area contributed by atoms with Crippen molar-refractivity contribution in [2.24, 2.45) is 7.05 Å². The molecule has 0 N–H and O–H groups in total. The van der Waals surface area contributed by atoms with Gasteiger partial charge in [-0.15, -0.1) is 0 Å². The molecule has 12 heavy (non-hydrogen) atoms. The molecule has 0 amide bonds. The Hall–Kier alpha value is -0.310. The number of halogens is 1. The second-order valence-corrected chi connectivity index (χ2v) is 4.01. The van der Waals surface area contributed by atoms with Crippen molar-refractivity contribution in [2.75, 3.05) is 0 Å². The van der Waals surface area contributed by atoms with Crippen LogP contribution in [0.1, 0.15) is 36.6 Å². The molecule has 0 bridgehead atoms. The quantitative estimate of drug-likeness (QED) is 0.712. The van der Waals surface area contributed by atoms with Crippen molar-refractivity contribution in [1.29, 1.82) is 0 Å². The molecule has 1 aromatic heterocycles. The van der Waals surface area contributed by atoms with Crippen LogP contribution in [0.3, 0.4) is 0 Å². The summed E-state index contributed by atoms with van der Waals surface area (Å²) in [6, 6.07) is 2.22. The molecule has 1 saturated carbocycles. The average molecular weight is 229 g/mol. The predicted molar refractivity (Wildman–Crippen MR) is 52.4 cm³/mol. The van der Waals surface area contributed by atoms with Gasteiger partial charge in [0.1, 0.15) is 0 Å². The van der Waals surface area contributed by atoms with Crippen molar-refractivity contribution >= 4 is 15.9 Å². The van der Waals surface area contributed by atoms with E-state index in [4.69, 9.17) is 0 Å². The average Bonchev–Trinajstić information content (AvgIpc) is 2.29. The molecule has 0 spiro atoms. The van der Waals surface area contributed by atoms with E-state index in [0.29, 0.717) is 0 Å². The third-order valence-corrected chi connectivity index (χ3v) is 3.20. The van der Waals surface area contributed by atoms with Gasteiger partial charge in [-0.1, -0.05) is 22.4 Å². The zero-order valence-corrected chi connectivity index (χ0v) is 8.84. The maximum absolute atomic E-state index is 4.40. The fraction of sp³-hybridized carbons (Fsp3) is 0.667. The maximum atomic E-state index is 4.40. The highest BCUT2D eigenvalue weighted by Crippen LogP contribution is 2.36. The molecule has 3 heteroatoms. The van der Waals surface area contributed by atoms with Gasteiger partial charge in [0.25, 0.3) is 0 Å². The fourth-order valence-electron chi connectivity index (χ4n) is 1.69. The van der Waals surface area contributed by atoms with E-state index >= 15 is 0 Å². The number of hydrogen-bond donors (Lipinski definition) is 0. The molecule has 0 aliphatic heterocycles. The lowest BCUT2D eigenvalue weighted by Gasteiger charge is -2.25. The van der Waals surface area contributed by atoms with E-state index in [-0.39, 0.29) is 0 Å². The Morgan fingerprint density at radius 1 is 1.67 bits per heavy atom. The first-order valence-corrected chi connectivity index (χ1v) is 5.52. The van der Waals surface area contributed by atoms with Gasteiger partial charge in [-0.2, -0.15) is 5.10 Å². The highest BCUT2D eigenvalue weighted by Gasteiger charge is 2.22. The van der Waals surface area contributed by atoms with E-state index < -0.39 is 0 Å². The van der Waals surface area contributed by atoms with Crippen LogP contribution in [0.5, 0.6) is 0 Å². The molecule has 1 heterocycles. The topological polar surface area (TPSA) is 17.8 Å². The van der Waals surface area contributed by atoms with Crippen LogP contribution in [0.4, 0.5) is 0 Å². The summed E-state index contributed by atoms with van der Waals surface area (Å²) in [5, 5.41) is 5.27. The van der Waals surface area contributed by atoms with Gasteiger partial charge in [0.2, 0.25) is 0 Å². The normalized spacial score (nSPS) is 17.8. The summed E-state index contributed by atoms with van der Waals surface area (Å²) < 4.78 is 2.03. The highest BCUT2D eigenvalue weighted by atomic mass is 79.9. The summed E-state index contributed by atoms with van der Waals surface area (Å²) >= 11 is 3.42. The summed E-state index contributed by atoms with van der Waals surface area (Å²) in [7, 11) is 2.04. The van der Waals surface area contributed by atoms with E-state index in [1.807, 2.05) is 11.7 Å². The number of nitrogens with zero attached hydrogens (tertiary/aromatic N) is 2. The highest BCUT2D eigenvalue weighted by molar-refractivity contribution is 9.08. The van der Waals surface area contributed by atoms with E-state index in [2.05, 4.69) is 27.1 Å². The molecular weight excluding hydrogens is 216 g/mol. The first kappa shape index (κ1) is 8.30. The van der Waals surface area contributed by atoms with Crippen molar-refractivity contribution in [1.82, 2.24) is 9.78 Å². The van der Waals surface area contributed by atoms with Gasteiger partial charge in [0.05, 0.1) is 5.69 Å². The summed E-state index contributed by atoms with van der Waals surface area (Å²) in [5.74, 6) is 0.787. The molecule has 1 aliphatic carbocycles. The monoisotopic (exact) mass is 228 g/mol. The molecule has 2 nitrogen and oxygen atoms in total. The van der Waals surface area contributed by atoms with Crippen LogP contribution in [0, 0.1) is 0 Å². The second-order valence-electron chi connectivity index (χ2n) is 3.45. The van der Waals surface area contributed by atoms with Crippen LogP contribution in [0.2, 0.25) is 0 Å². The molecule has 0 saturated heterocycles. The Morgan fingerprint density at radius 2 is 2.42 bits per heavy atom. The van der Waals surface area contributed by atoms with Crippen molar-refractivity contribution < 1.29 is 0 Å². The standard InChI is InChI=1S/C9H13BrN2/c1-12-9(7-3-2-4-7)5-8(6-10)11-12/h5,7H,2-4,6H2,1H3. The van der Waals surface area contributed by atoms with E-state index in [9.17, 15) is 0 Å². The smallest absolute Gasteiger partial charge is 0.0732 e. The van der Waals surface area contributed by atoms with E-state index in [1.54, 1.807) is 0 Å². The van der Waals surface area contributed by atoms with Gasteiger partial charge in [0.15, 0.2) is 0 Å².